The van der Waals surface area contributed by atoms with Crippen LogP contribution in [-0.4, -0.2) is 8.07 Å². The molecule has 74 valence electrons. The molecule has 0 fully saturated rings. The van der Waals surface area contributed by atoms with Gasteiger partial charge in [-0.15, -0.1) is 0 Å². The first-order valence-corrected chi connectivity index (χ1v) is 7.06. The lowest BCUT2D eigenvalue weighted by Gasteiger charge is -2.23. The fraction of sp³-hybridized carbons (Fsp3) is 1.00. The number of hydrogen-bond acceptors (Lipinski definition) is 0. The van der Waals surface area contributed by atoms with Crippen LogP contribution in [0.2, 0.25) is 25.2 Å². The second kappa shape index (κ2) is 8.31. The van der Waals surface area contributed by atoms with Crippen LogP contribution in [0.25, 0.3) is 0 Å². The minimum Gasteiger partial charge on any atom is -0.0776 e. The monoisotopic (exact) mass is 178 g/mol. The molecule has 0 radical (unpaired) electrons. The predicted molar refractivity (Wildman–Crippen MR) is 63.3 cm³/mol. The fourth-order valence-electron chi connectivity index (χ4n) is 0.612. The summed E-state index contributed by atoms with van der Waals surface area (Å²) < 4.78 is 0. The van der Waals surface area contributed by atoms with Crippen molar-refractivity contribution in [1.82, 2.24) is 0 Å². The van der Waals surface area contributed by atoms with Gasteiger partial charge in [-0.3, -0.25) is 0 Å². The summed E-state index contributed by atoms with van der Waals surface area (Å²) in [6.45, 7) is 11.9. The van der Waals surface area contributed by atoms with E-state index < -0.39 is 8.07 Å². The zero-order valence-corrected chi connectivity index (χ0v) is 7.78. The molecule has 0 rings (SSSR count). The lowest BCUT2D eigenvalue weighted by atomic mass is 10.4. The molecule has 0 N–H and O–H groups in total. The van der Waals surface area contributed by atoms with Gasteiger partial charge in [0.1, 0.15) is 0 Å². The van der Waals surface area contributed by atoms with Crippen molar-refractivity contribution in [2.45, 2.75) is 67.7 Å². The van der Waals surface area contributed by atoms with Crippen LogP contribution in [-0.2, 0) is 0 Å². The van der Waals surface area contributed by atoms with E-state index in [-0.39, 0.29) is 22.3 Å². The van der Waals surface area contributed by atoms with Crippen molar-refractivity contribution in [1.29, 1.82) is 0 Å². The zero-order valence-electron chi connectivity index (χ0n) is 6.78. The Kier molecular flexibility index (Phi) is 17.0. The minimum atomic E-state index is -0.761. The van der Waals surface area contributed by atoms with Gasteiger partial charge < -0.3 is 0 Å². The van der Waals surface area contributed by atoms with Crippen LogP contribution in [0.5, 0.6) is 0 Å². The van der Waals surface area contributed by atoms with E-state index in [0.29, 0.717) is 0 Å². The van der Waals surface area contributed by atoms with Gasteiger partial charge in [-0.1, -0.05) is 62.2 Å². The first-order chi connectivity index (χ1) is 3.48. The number of rotatable bonds is 2. The van der Waals surface area contributed by atoms with Gasteiger partial charge in [0, 0.05) is 8.07 Å². The molecule has 0 amide bonds. The molecule has 0 spiro atoms. The highest BCUT2D eigenvalue weighted by Crippen LogP contribution is 2.23. The van der Waals surface area contributed by atoms with E-state index in [0.717, 1.165) is 5.54 Å². The molecule has 0 aliphatic heterocycles. The molecule has 1 atom stereocenters. The van der Waals surface area contributed by atoms with E-state index >= 15 is 0 Å². The maximum Gasteiger partial charge on any atom is 0.0470 e. The van der Waals surface area contributed by atoms with Gasteiger partial charge in [-0.05, 0) is 5.54 Å². The molecule has 1 unspecified atom stereocenters. The maximum atomic E-state index is 2.43. The standard InChI is InChI=1S/C7H18Si.3CH4/c1-6-7(2)8(3,4)5;;;/h7H,6H2,1-5H3;3*1H4. The SMILES string of the molecule is C.C.C.CCC(C)[Si](C)(C)C. The van der Waals surface area contributed by atoms with Gasteiger partial charge in [-0.25, -0.2) is 0 Å². The molecule has 0 nitrogen and oxygen atoms in total. The summed E-state index contributed by atoms with van der Waals surface area (Å²) in [5.74, 6) is 0. The van der Waals surface area contributed by atoms with Gasteiger partial charge in [0.05, 0.1) is 0 Å². The van der Waals surface area contributed by atoms with Crippen LogP contribution in [0.3, 0.4) is 0 Å². The third-order valence-corrected chi connectivity index (χ3v) is 5.46. The van der Waals surface area contributed by atoms with E-state index in [4.69, 9.17) is 0 Å². The largest absolute Gasteiger partial charge is 0.0776 e. The zero-order chi connectivity index (χ0) is 6.78. The van der Waals surface area contributed by atoms with E-state index in [1.807, 2.05) is 0 Å². The van der Waals surface area contributed by atoms with Crippen LogP contribution in [0, 0.1) is 0 Å². The Morgan fingerprint density at radius 1 is 1.00 bits per heavy atom. The lowest BCUT2D eigenvalue weighted by molar-refractivity contribution is 0.843. The Hall–Kier alpha value is 0.217. The lowest BCUT2D eigenvalue weighted by Crippen LogP contribution is -2.25. The highest BCUT2D eigenvalue weighted by molar-refractivity contribution is 6.77. The topological polar surface area (TPSA) is 0 Å². The van der Waals surface area contributed by atoms with Crippen molar-refractivity contribution in [3.63, 3.8) is 0 Å². The van der Waals surface area contributed by atoms with Gasteiger partial charge >= 0.3 is 0 Å². The van der Waals surface area contributed by atoms with Crippen LogP contribution in [0.4, 0.5) is 0 Å². The molecule has 0 aromatic heterocycles. The molecule has 0 saturated carbocycles. The van der Waals surface area contributed by atoms with Gasteiger partial charge in [-0.2, -0.15) is 0 Å². The average molecular weight is 178 g/mol. The van der Waals surface area contributed by atoms with Gasteiger partial charge in [0.15, 0.2) is 0 Å². The molecule has 1 heteroatoms. The summed E-state index contributed by atoms with van der Waals surface area (Å²) in [6.07, 6.45) is 1.36. The fourth-order valence-corrected chi connectivity index (χ4v) is 1.84. The first kappa shape index (κ1) is 22.5. The molecule has 0 aliphatic rings. The molecule has 11 heavy (non-hydrogen) atoms. The maximum absolute atomic E-state index is 2.43. The second-order valence-corrected chi connectivity index (χ2v) is 9.39. The van der Waals surface area contributed by atoms with Crippen LogP contribution < -0.4 is 0 Å². The Morgan fingerprint density at radius 2 is 1.27 bits per heavy atom. The summed E-state index contributed by atoms with van der Waals surface area (Å²) in [6, 6.07) is 0. The highest BCUT2D eigenvalue weighted by atomic mass is 28.3. The van der Waals surface area contributed by atoms with Crippen molar-refractivity contribution in [3.05, 3.63) is 0 Å². The molecule has 0 heterocycles. The van der Waals surface area contributed by atoms with Crippen LogP contribution in [0.1, 0.15) is 42.5 Å². The molecular formula is C10H30Si. The van der Waals surface area contributed by atoms with Crippen molar-refractivity contribution in [3.8, 4) is 0 Å². The van der Waals surface area contributed by atoms with Crippen LogP contribution >= 0.6 is 0 Å². The minimum absolute atomic E-state index is 0. The van der Waals surface area contributed by atoms with Crippen molar-refractivity contribution in [2.24, 2.45) is 0 Å². The normalized spacial score (nSPS) is 11.7. The van der Waals surface area contributed by atoms with Crippen molar-refractivity contribution >= 4 is 8.07 Å². The highest BCUT2D eigenvalue weighted by Gasteiger charge is 2.19. The van der Waals surface area contributed by atoms with Gasteiger partial charge in [0.2, 0.25) is 0 Å². The van der Waals surface area contributed by atoms with E-state index in [1.165, 1.54) is 6.42 Å². The third kappa shape index (κ3) is 10.2. The Labute approximate surface area is 76.4 Å². The molecule has 0 aromatic carbocycles. The third-order valence-electron chi connectivity index (χ3n) is 2.09. The average Bonchev–Trinajstić information content (AvgIpc) is 1.62. The summed E-state index contributed by atoms with van der Waals surface area (Å²) in [4.78, 5) is 0. The van der Waals surface area contributed by atoms with E-state index in [1.54, 1.807) is 0 Å². The number of hydrogen-bond donors (Lipinski definition) is 0. The second-order valence-electron chi connectivity index (χ2n) is 3.68. The smallest absolute Gasteiger partial charge is 0.0470 e. The molecule has 0 aliphatic carbocycles. The first-order valence-electron chi connectivity index (χ1n) is 3.48. The molecule has 0 bridgehead atoms. The van der Waals surface area contributed by atoms with E-state index in [2.05, 4.69) is 33.5 Å². The molecule has 0 saturated heterocycles. The quantitative estimate of drug-likeness (QED) is 0.520. The Morgan fingerprint density at radius 3 is 1.27 bits per heavy atom. The Balaban J connectivity index is -0.0000000817. The molecule has 0 aromatic rings. The Bertz CT molecular complexity index is 61.8. The van der Waals surface area contributed by atoms with Crippen LogP contribution in [0.15, 0.2) is 0 Å². The molecular weight excluding hydrogens is 148 g/mol. The van der Waals surface area contributed by atoms with Crippen molar-refractivity contribution < 1.29 is 0 Å². The summed E-state index contributed by atoms with van der Waals surface area (Å²) in [5.41, 5.74) is 0.988. The van der Waals surface area contributed by atoms with E-state index in [9.17, 15) is 0 Å². The van der Waals surface area contributed by atoms with Crippen molar-refractivity contribution in [2.75, 3.05) is 0 Å². The summed E-state index contributed by atoms with van der Waals surface area (Å²) in [7, 11) is -0.761. The summed E-state index contributed by atoms with van der Waals surface area (Å²) >= 11 is 0. The van der Waals surface area contributed by atoms with Gasteiger partial charge in [0.25, 0.3) is 0 Å². The predicted octanol–water partition coefficient (Wildman–Crippen LogP) is 5.03. The summed E-state index contributed by atoms with van der Waals surface area (Å²) in [5, 5.41) is 0.